The summed E-state index contributed by atoms with van der Waals surface area (Å²) in [6.07, 6.45) is 1.78. The van der Waals surface area contributed by atoms with Crippen molar-refractivity contribution in [2.45, 2.75) is 6.61 Å². The average Bonchev–Trinajstić information content (AvgIpc) is 2.97. The van der Waals surface area contributed by atoms with E-state index in [1.54, 1.807) is 13.3 Å². The number of H-pyrrole nitrogens is 1. The Hall–Kier alpha value is -2.53. The van der Waals surface area contributed by atoms with Crippen LogP contribution in [0.1, 0.15) is 5.82 Å². The summed E-state index contributed by atoms with van der Waals surface area (Å²) in [7, 11) is 1.62. The SMILES string of the molecule is COCc1nc(-c2ccc(-c3ccccc3)nc2)n[nH]1. The molecular formula is C15H14N4O. The monoisotopic (exact) mass is 266 g/mol. The zero-order chi connectivity index (χ0) is 13.8. The van der Waals surface area contributed by atoms with Gasteiger partial charge in [0.1, 0.15) is 6.61 Å². The van der Waals surface area contributed by atoms with Gasteiger partial charge >= 0.3 is 0 Å². The topological polar surface area (TPSA) is 63.7 Å². The fraction of sp³-hybridized carbons (Fsp3) is 0.133. The second-order valence-corrected chi connectivity index (χ2v) is 4.34. The molecule has 0 aliphatic carbocycles. The van der Waals surface area contributed by atoms with Gasteiger partial charge in [0.25, 0.3) is 0 Å². The number of ether oxygens (including phenoxy) is 1. The third-order valence-electron chi connectivity index (χ3n) is 2.90. The summed E-state index contributed by atoms with van der Waals surface area (Å²) in [6, 6.07) is 14.0. The minimum atomic E-state index is 0.419. The van der Waals surface area contributed by atoms with Gasteiger partial charge in [-0.05, 0) is 12.1 Å². The Bertz CT molecular complexity index is 677. The molecule has 3 rings (SSSR count). The molecule has 3 aromatic rings. The highest BCUT2D eigenvalue weighted by Gasteiger charge is 2.06. The lowest BCUT2D eigenvalue weighted by Gasteiger charge is -2.01. The second-order valence-electron chi connectivity index (χ2n) is 4.34. The fourth-order valence-corrected chi connectivity index (χ4v) is 1.93. The van der Waals surface area contributed by atoms with Crippen molar-refractivity contribution < 1.29 is 4.74 Å². The third kappa shape index (κ3) is 2.57. The van der Waals surface area contributed by atoms with Crippen LogP contribution in [0, 0.1) is 0 Å². The quantitative estimate of drug-likeness (QED) is 0.788. The molecule has 20 heavy (non-hydrogen) atoms. The number of nitrogens with one attached hydrogen (secondary N) is 1. The van der Waals surface area contributed by atoms with E-state index in [1.165, 1.54) is 0 Å². The molecule has 0 atom stereocenters. The molecule has 1 N–H and O–H groups in total. The van der Waals surface area contributed by atoms with Crippen LogP contribution < -0.4 is 0 Å². The first-order chi connectivity index (χ1) is 9.86. The van der Waals surface area contributed by atoms with Crippen molar-refractivity contribution >= 4 is 0 Å². The lowest BCUT2D eigenvalue weighted by atomic mass is 10.1. The molecule has 5 heteroatoms. The maximum absolute atomic E-state index is 5.00. The normalized spacial score (nSPS) is 10.7. The number of aromatic amines is 1. The molecule has 0 radical (unpaired) electrons. The van der Waals surface area contributed by atoms with Crippen molar-refractivity contribution in [2.75, 3.05) is 7.11 Å². The average molecular weight is 266 g/mol. The highest BCUT2D eigenvalue weighted by atomic mass is 16.5. The molecule has 0 aliphatic rings. The van der Waals surface area contributed by atoms with Crippen LogP contribution in [0.5, 0.6) is 0 Å². The van der Waals surface area contributed by atoms with Crippen molar-refractivity contribution in [3.05, 3.63) is 54.5 Å². The molecule has 0 bridgehead atoms. The first-order valence-corrected chi connectivity index (χ1v) is 6.29. The van der Waals surface area contributed by atoms with Crippen LogP contribution in [0.15, 0.2) is 48.7 Å². The highest BCUT2D eigenvalue weighted by molar-refractivity contribution is 5.62. The standard InChI is InChI=1S/C15H14N4O/c1-20-10-14-17-15(19-18-14)12-7-8-13(16-9-12)11-5-3-2-4-6-11/h2-9H,10H2,1H3,(H,17,18,19). The predicted octanol–water partition coefficient (Wildman–Crippen LogP) is 2.68. The first kappa shape index (κ1) is 12.5. The van der Waals surface area contributed by atoms with Crippen LogP contribution in [0.2, 0.25) is 0 Å². The number of nitrogens with zero attached hydrogens (tertiary/aromatic N) is 3. The Morgan fingerprint density at radius 1 is 1.05 bits per heavy atom. The first-order valence-electron chi connectivity index (χ1n) is 6.29. The van der Waals surface area contributed by atoms with Crippen LogP contribution in [-0.4, -0.2) is 27.3 Å². The minimum Gasteiger partial charge on any atom is -0.377 e. The smallest absolute Gasteiger partial charge is 0.182 e. The van der Waals surface area contributed by atoms with Gasteiger partial charge in [0.15, 0.2) is 11.6 Å². The van der Waals surface area contributed by atoms with E-state index < -0.39 is 0 Å². The maximum atomic E-state index is 5.00. The summed E-state index contributed by atoms with van der Waals surface area (Å²) >= 11 is 0. The van der Waals surface area contributed by atoms with Crippen molar-refractivity contribution in [2.24, 2.45) is 0 Å². The van der Waals surface area contributed by atoms with Crippen LogP contribution >= 0.6 is 0 Å². The number of aromatic nitrogens is 4. The second kappa shape index (κ2) is 5.63. The molecule has 2 heterocycles. The number of methoxy groups -OCH3 is 1. The fourth-order valence-electron chi connectivity index (χ4n) is 1.93. The summed E-state index contributed by atoms with van der Waals surface area (Å²) in [5, 5.41) is 6.99. The molecule has 100 valence electrons. The number of hydrogen-bond donors (Lipinski definition) is 1. The summed E-state index contributed by atoms with van der Waals surface area (Å²) in [4.78, 5) is 8.80. The Balaban J connectivity index is 1.85. The van der Waals surface area contributed by atoms with Gasteiger partial charge in [-0.2, -0.15) is 5.10 Å². The molecule has 0 amide bonds. The third-order valence-corrected chi connectivity index (χ3v) is 2.90. The minimum absolute atomic E-state index is 0.419. The van der Waals surface area contributed by atoms with E-state index in [1.807, 2.05) is 42.5 Å². The van der Waals surface area contributed by atoms with E-state index in [4.69, 9.17) is 4.74 Å². The zero-order valence-corrected chi connectivity index (χ0v) is 11.1. The largest absolute Gasteiger partial charge is 0.377 e. The van der Waals surface area contributed by atoms with Gasteiger partial charge in [0.05, 0.1) is 5.69 Å². The molecule has 2 aromatic heterocycles. The van der Waals surface area contributed by atoms with Gasteiger partial charge in [0, 0.05) is 24.4 Å². The van der Waals surface area contributed by atoms with Gasteiger partial charge in [-0.3, -0.25) is 10.1 Å². The number of pyridine rings is 1. The molecule has 0 saturated carbocycles. The van der Waals surface area contributed by atoms with Gasteiger partial charge in [-0.25, -0.2) is 4.98 Å². The van der Waals surface area contributed by atoms with Gasteiger partial charge in [-0.1, -0.05) is 30.3 Å². The molecule has 0 aliphatic heterocycles. The van der Waals surface area contributed by atoms with Gasteiger partial charge < -0.3 is 4.74 Å². The highest BCUT2D eigenvalue weighted by Crippen LogP contribution is 2.20. The summed E-state index contributed by atoms with van der Waals surface area (Å²) in [5.41, 5.74) is 2.90. The van der Waals surface area contributed by atoms with Crippen molar-refractivity contribution in [3.63, 3.8) is 0 Å². The van der Waals surface area contributed by atoms with Crippen LogP contribution in [-0.2, 0) is 11.3 Å². The lowest BCUT2D eigenvalue weighted by molar-refractivity contribution is 0.178. The Labute approximate surface area is 116 Å². The lowest BCUT2D eigenvalue weighted by Crippen LogP contribution is -1.89. The van der Waals surface area contributed by atoms with E-state index >= 15 is 0 Å². The van der Waals surface area contributed by atoms with E-state index in [9.17, 15) is 0 Å². The van der Waals surface area contributed by atoms with Crippen LogP contribution in [0.4, 0.5) is 0 Å². The molecular weight excluding hydrogens is 252 g/mol. The molecule has 0 saturated heterocycles. The summed E-state index contributed by atoms with van der Waals surface area (Å²) in [5.74, 6) is 1.33. The van der Waals surface area contributed by atoms with Crippen molar-refractivity contribution in [3.8, 4) is 22.6 Å². The van der Waals surface area contributed by atoms with Crippen molar-refractivity contribution in [1.82, 2.24) is 20.2 Å². The van der Waals surface area contributed by atoms with Gasteiger partial charge in [-0.15, -0.1) is 0 Å². The molecule has 1 aromatic carbocycles. The van der Waals surface area contributed by atoms with Crippen molar-refractivity contribution in [1.29, 1.82) is 0 Å². The molecule has 0 spiro atoms. The Morgan fingerprint density at radius 2 is 1.90 bits per heavy atom. The Kier molecular flexibility index (Phi) is 3.52. The Morgan fingerprint density at radius 3 is 2.60 bits per heavy atom. The van der Waals surface area contributed by atoms with Crippen LogP contribution in [0.25, 0.3) is 22.6 Å². The van der Waals surface area contributed by atoms with Gasteiger partial charge in [0.2, 0.25) is 0 Å². The molecule has 0 unspecified atom stereocenters. The van der Waals surface area contributed by atoms with E-state index in [0.29, 0.717) is 18.3 Å². The van der Waals surface area contributed by atoms with E-state index in [-0.39, 0.29) is 0 Å². The van der Waals surface area contributed by atoms with E-state index in [2.05, 4.69) is 20.2 Å². The number of rotatable bonds is 4. The number of hydrogen-bond acceptors (Lipinski definition) is 4. The van der Waals surface area contributed by atoms with Crippen LogP contribution in [0.3, 0.4) is 0 Å². The molecule has 0 fully saturated rings. The summed E-state index contributed by atoms with van der Waals surface area (Å²) < 4.78 is 5.00. The predicted molar refractivity (Wildman–Crippen MR) is 75.8 cm³/mol. The summed E-state index contributed by atoms with van der Waals surface area (Å²) in [6.45, 7) is 0.419. The maximum Gasteiger partial charge on any atom is 0.182 e. The number of benzene rings is 1. The zero-order valence-electron chi connectivity index (χ0n) is 11.1. The molecule has 5 nitrogen and oxygen atoms in total. The van der Waals surface area contributed by atoms with E-state index in [0.717, 1.165) is 16.8 Å².